The minimum absolute atomic E-state index is 0.186. The van der Waals surface area contributed by atoms with Gasteiger partial charge in [0.05, 0.1) is 11.1 Å². The largest absolute Gasteiger partial charge is 0.272 e. The number of nitrogens with zero attached hydrogens (tertiary/aromatic N) is 1. The zero-order chi connectivity index (χ0) is 17.9. The van der Waals surface area contributed by atoms with Crippen molar-refractivity contribution in [3.8, 4) is 0 Å². The van der Waals surface area contributed by atoms with Gasteiger partial charge >= 0.3 is 0 Å². The number of amides is 2. The van der Waals surface area contributed by atoms with Crippen LogP contribution in [0.2, 0.25) is 5.02 Å². The molecule has 0 atom stereocenters. The molecule has 2 aromatic rings. The molecule has 1 N–H and O–H groups in total. The van der Waals surface area contributed by atoms with E-state index in [2.05, 4.69) is 5.43 Å². The molecule has 0 bridgehead atoms. The van der Waals surface area contributed by atoms with Crippen LogP contribution in [0.15, 0.2) is 48.5 Å². The van der Waals surface area contributed by atoms with Crippen LogP contribution in [0.1, 0.15) is 41.5 Å². The van der Waals surface area contributed by atoms with Crippen LogP contribution in [0.25, 0.3) is 0 Å². The summed E-state index contributed by atoms with van der Waals surface area (Å²) in [6, 6.07) is 12.3. The number of benzene rings is 2. The summed E-state index contributed by atoms with van der Waals surface area (Å²) < 4.78 is 13.9. The lowest BCUT2D eigenvalue weighted by molar-refractivity contribution is 0.0357. The van der Waals surface area contributed by atoms with E-state index in [0.717, 1.165) is 6.07 Å². The summed E-state index contributed by atoms with van der Waals surface area (Å²) in [7, 11) is 0. The second-order valence-electron chi connectivity index (χ2n) is 6.24. The van der Waals surface area contributed by atoms with Crippen molar-refractivity contribution < 1.29 is 14.0 Å². The Balaban J connectivity index is 2.30. The summed E-state index contributed by atoms with van der Waals surface area (Å²) in [6.45, 7) is 5.31. The molecule has 0 unspecified atom stereocenters. The number of carbonyl (C=O) groups is 2. The Morgan fingerprint density at radius 1 is 1.08 bits per heavy atom. The maximum Gasteiger partial charge on any atom is 0.272 e. The Morgan fingerprint density at radius 3 is 2.25 bits per heavy atom. The Labute approximate surface area is 145 Å². The van der Waals surface area contributed by atoms with E-state index in [9.17, 15) is 14.0 Å². The van der Waals surface area contributed by atoms with Crippen molar-refractivity contribution in [2.45, 2.75) is 26.3 Å². The first-order valence-corrected chi connectivity index (χ1v) is 7.73. The molecule has 2 rings (SSSR count). The molecule has 0 heterocycles. The Bertz CT molecular complexity index is 757. The highest BCUT2D eigenvalue weighted by atomic mass is 35.5. The first-order chi connectivity index (χ1) is 11.2. The molecule has 2 aromatic carbocycles. The van der Waals surface area contributed by atoms with Gasteiger partial charge in [0.2, 0.25) is 0 Å². The minimum atomic E-state index is -0.749. The maximum atomic E-state index is 13.9. The molecule has 2 amide bonds. The van der Waals surface area contributed by atoms with Gasteiger partial charge in [-0.1, -0.05) is 29.8 Å². The molecule has 0 aromatic heterocycles. The van der Waals surface area contributed by atoms with Gasteiger partial charge in [-0.25, -0.2) is 9.40 Å². The van der Waals surface area contributed by atoms with E-state index in [0.29, 0.717) is 5.56 Å². The fourth-order valence-electron chi connectivity index (χ4n) is 2.07. The SMILES string of the molecule is CC(C)(C)N(NC(=O)c1ccc(Cl)cc1F)C(=O)c1ccccc1. The van der Waals surface area contributed by atoms with E-state index < -0.39 is 17.3 Å². The van der Waals surface area contributed by atoms with E-state index in [1.165, 1.54) is 17.1 Å². The first kappa shape index (κ1) is 17.9. The van der Waals surface area contributed by atoms with Crippen molar-refractivity contribution >= 4 is 23.4 Å². The average molecular weight is 349 g/mol. The Morgan fingerprint density at radius 2 is 1.71 bits per heavy atom. The third-order valence-corrected chi connectivity index (χ3v) is 3.52. The highest BCUT2D eigenvalue weighted by Gasteiger charge is 2.30. The number of hydrogen-bond acceptors (Lipinski definition) is 2. The van der Waals surface area contributed by atoms with E-state index in [1.807, 2.05) is 0 Å². The van der Waals surface area contributed by atoms with E-state index >= 15 is 0 Å². The van der Waals surface area contributed by atoms with Crippen molar-refractivity contribution in [2.24, 2.45) is 0 Å². The van der Waals surface area contributed by atoms with Gasteiger partial charge in [-0.2, -0.15) is 0 Å². The Kier molecular flexibility index (Phi) is 5.24. The van der Waals surface area contributed by atoms with Crippen LogP contribution in [-0.2, 0) is 0 Å². The highest BCUT2D eigenvalue weighted by Crippen LogP contribution is 2.18. The normalized spacial score (nSPS) is 11.0. The van der Waals surface area contributed by atoms with Gasteiger partial charge in [0, 0.05) is 10.6 Å². The van der Waals surface area contributed by atoms with Crippen molar-refractivity contribution in [1.29, 1.82) is 0 Å². The summed E-state index contributed by atoms with van der Waals surface area (Å²) in [5, 5.41) is 1.38. The molecular formula is C18H18ClFN2O2. The molecule has 0 aliphatic heterocycles. The number of hydrazine groups is 1. The molecule has 126 valence electrons. The monoisotopic (exact) mass is 348 g/mol. The molecule has 0 saturated carbocycles. The van der Waals surface area contributed by atoms with Crippen LogP contribution in [0.4, 0.5) is 4.39 Å². The molecule has 0 aliphatic rings. The lowest BCUT2D eigenvalue weighted by Crippen LogP contribution is -2.56. The summed E-state index contributed by atoms with van der Waals surface area (Å²) >= 11 is 5.69. The predicted molar refractivity (Wildman–Crippen MR) is 91.2 cm³/mol. The van der Waals surface area contributed by atoms with Crippen LogP contribution in [-0.4, -0.2) is 22.4 Å². The third kappa shape index (κ3) is 4.11. The van der Waals surface area contributed by atoms with Crippen LogP contribution in [0.5, 0.6) is 0 Å². The third-order valence-electron chi connectivity index (χ3n) is 3.28. The molecule has 0 fully saturated rings. The van der Waals surface area contributed by atoms with E-state index in [-0.39, 0.29) is 16.5 Å². The Hall–Kier alpha value is -2.40. The molecule has 0 saturated heterocycles. The summed E-state index contributed by atoms with van der Waals surface area (Å²) in [5.74, 6) is -1.85. The second kappa shape index (κ2) is 7.01. The first-order valence-electron chi connectivity index (χ1n) is 7.36. The predicted octanol–water partition coefficient (Wildman–Crippen LogP) is 4.06. The standard InChI is InChI=1S/C18H18ClFN2O2/c1-18(2,3)22(17(24)12-7-5-4-6-8-12)21-16(23)14-10-9-13(19)11-15(14)20/h4-11H,1-3H3,(H,21,23). The fourth-order valence-corrected chi connectivity index (χ4v) is 2.23. The highest BCUT2D eigenvalue weighted by molar-refractivity contribution is 6.30. The molecule has 0 radical (unpaired) electrons. The van der Waals surface area contributed by atoms with Crippen LogP contribution < -0.4 is 5.43 Å². The van der Waals surface area contributed by atoms with Gasteiger partial charge in [-0.3, -0.25) is 15.0 Å². The second-order valence-corrected chi connectivity index (χ2v) is 6.68. The van der Waals surface area contributed by atoms with Gasteiger partial charge in [-0.05, 0) is 51.1 Å². The number of hydrogen-bond donors (Lipinski definition) is 1. The molecule has 0 aliphatic carbocycles. The van der Waals surface area contributed by atoms with Crippen molar-refractivity contribution in [3.05, 3.63) is 70.5 Å². The summed E-state index contributed by atoms with van der Waals surface area (Å²) in [6.07, 6.45) is 0. The molecule has 6 heteroatoms. The van der Waals surface area contributed by atoms with Crippen LogP contribution in [0.3, 0.4) is 0 Å². The van der Waals surface area contributed by atoms with Gasteiger partial charge in [-0.15, -0.1) is 0 Å². The number of halogens is 2. The van der Waals surface area contributed by atoms with E-state index in [1.54, 1.807) is 51.1 Å². The zero-order valence-corrected chi connectivity index (χ0v) is 14.4. The van der Waals surface area contributed by atoms with Gasteiger partial charge in [0.1, 0.15) is 5.82 Å². The lowest BCUT2D eigenvalue weighted by atomic mass is 10.1. The van der Waals surface area contributed by atoms with E-state index in [4.69, 9.17) is 11.6 Å². The fraction of sp³-hybridized carbons (Fsp3) is 0.222. The van der Waals surface area contributed by atoms with Crippen LogP contribution >= 0.6 is 11.6 Å². The topological polar surface area (TPSA) is 49.4 Å². The molecular weight excluding hydrogens is 331 g/mol. The number of carbonyl (C=O) groups excluding carboxylic acids is 2. The van der Waals surface area contributed by atoms with Crippen molar-refractivity contribution in [3.63, 3.8) is 0 Å². The number of nitrogens with one attached hydrogen (secondary N) is 1. The van der Waals surface area contributed by atoms with Gasteiger partial charge < -0.3 is 0 Å². The smallest absolute Gasteiger partial charge is 0.267 e. The number of rotatable bonds is 2. The van der Waals surface area contributed by atoms with Crippen molar-refractivity contribution in [2.75, 3.05) is 0 Å². The molecule has 4 nitrogen and oxygen atoms in total. The minimum Gasteiger partial charge on any atom is -0.267 e. The van der Waals surface area contributed by atoms with Crippen LogP contribution in [0, 0.1) is 5.82 Å². The maximum absolute atomic E-state index is 13.9. The van der Waals surface area contributed by atoms with Gasteiger partial charge in [0.15, 0.2) is 0 Å². The molecule has 24 heavy (non-hydrogen) atoms. The van der Waals surface area contributed by atoms with Gasteiger partial charge in [0.25, 0.3) is 11.8 Å². The summed E-state index contributed by atoms with van der Waals surface area (Å²) in [4.78, 5) is 25.1. The van der Waals surface area contributed by atoms with Crippen molar-refractivity contribution in [1.82, 2.24) is 10.4 Å². The molecule has 0 spiro atoms. The lowest BCUT2D eigenvalue weighted by Gasteiger charge is -2.35. The summed E-state index contributed by atoms with van der Waals surface area (Å²) in [5.41, 5.74) is 2.03. The zero-order valence-electron chi connectivity index (χ0n) is 13.6. The quantitative estimate of drug-likeness (QED) is 0.832. The average Bonchev–Trinajstić information content (AvgIpc) is 2.51.